The van der Waals surface area contributed by atoms with Gasteiger partial charge in [0.25, 0.3) is 10.2 Å². The maximum absolute atomic E-state index is 10.8. The van der Waals surface area contributed by atoms with Crippen molar-refractivity contribution in [3.05, 3.63) is 12.3 Å². The zero-order valence-electron chi connectivity index (χ0n) is 7.34. The topological polar surface area (TPSA) is 102 Å². The highest BCUT2D eigenvalue weighted by atomic mass is 32.2. The molecule has 78 valence electrons. The largest absolute Gasteiger partial charge is 0.312 e. The first kappa shape index (κ1) is 9.44. The third-order valence-electron chi connectivity index (χ3n) is 2.02. The van der Waals surface area contributed by atoms with E-state index in [-0.39, 0.29) is 6.04 Å². The van der Waals surface area contributed by atoms with Crippen LogP contribution in [0.3, 0.4) is 0 Å². The second-order valence-corrected chi connectivity index (χ2v) is 4.41. The van der Waals surface area contributed by atoms with Crippen LogP contribution in [0.25, 0.3) is 0 Å². The minimum Gasteiger partial charge on any atom is -0.312 e. The van der Waals surface area contributed by atoms with Gasteiger partial charge in [0, 0.05) is 19.2 Å². The van der Waals surface area contributed by atoms with Gasteiger partial charge in [-0.15, -0.1) is 0 Å². The zero-order chi connectivity index (χ0) is 10.2. The summed E-state index contributed by atoms with van der Waals surface area (Å²) >= 11 is 0. The zero-order valence-corrected chi connectivity index (χ0v) is 8.16. The number of nitrogens with one attached hydrogen (secondary N) is 2. The van der Waals surface area contributed by atoms with Gasteiger partial charge in [-0.2, -0.15) is 13.5 Å². The Hall–Kier alpha value is -1.12. The molecule has 0 aromatic carbocycles. The van der Waals surface area contributed by atoms with E-state index in [9.17, 15) is 8.42 Å². The van der Waals surface area contributed by atoms with Crippen molar-refractivity contribution in [2.24, 2.45) is 5.14 Å². The molecule has 0 aliphatic carbocycles. The van der Waals surface area contributed by atoms with Crippen LogP contribution in [0.2, 0.25) is 0 Å². The minimum absolute atomic E-state index is 0.203. The van der Waals surface area contributed by atoms with Crippen LogP contribution in [0.1, 0.15) is 6.04 Å². The first-order valence-electron chi connectivity index (χ1n) is 4.11. The summed E-state index contributed by atoms with van der Waals surface area (Å²) in [4.78, 5) is 0. The van der Waals surface area contributed by atoms with Crippen molar-refractivity contribution in [1.29, 1.82) is 0 Å². The van der Waals surface area contributed by atoms with Crippen LogP contribution in [0.5, 0.6) is 0 Å². The van der Waals surface area contributed by atoms with Crippen LogP contribution in [0.15, 0.2) is 12.3 Å². The van der Waals surface area contributed by atoms with Gasteiger partial charge < -0.3 is 5.32 Å². The Morgan fingerprint density at radius 3 is 2.86 bits per heavy atom. The number of nitrogens with two attached hydrogens (primary N) is 1. The Kier molecular flexibility index (Phi) is 2.17. The molecule has 7 nitrogen and oxygen atoms in total. The van der Waals surface area contributed by atoms with Gasteiger partial charge in [0.2, 0.25) is 0 Å². The molecule has 2 heterocycles. The number of aromatic nitrogens is 2. The van der Waals surface area contributed by atoms with Gasteiger partial charge in [-0.3, -0.25) is 4.72 Å². The molecule has 1 aromatic rings. The van der Waals surface area contributed by atoms with Gasteiger partial charge >= 0.3 is 0 Å². The van der Waals surface area contributed by atoms with Crippen molar-refractivity contribution in [1.82, 2.24) is 15.1 Å². The van der Waals surface area contributed by atoms with Crippen LogP contribution in [0, 0.1) is 0 Å². The summed E-state index contributed by atoms with van der Waals surface area (Å²) in [6.07, 6.45) is 1.53. The normalized spacial score (nSPS) is 17.8. The molecule has 4 N–H and O–H groups in total. The summed E-state index contributed by atoms with van der Waals surface area (Å²) in [6, 6.07) is 1.78. The third kappa shape index (κ3) is 1.86. The average molecular weight is 217 g/mol. The van der Waals surface area contributed by atoms with Gasteiger partial charge in [0.1, 0.15) is 5.82 Å². The summed E-state index contributed by atoms with van der Waals surface area (Å²) in [6.45, 7) is 1.59. The van der Waals surface area contributed by atoms with Gasteiger partial charge in [-0.05, 0) is 0 Å². The van der Waals surface area contributed by atoms with Crippen molar-refractivity contribution in [2.45, 2.75) is 6.04 Å². The molecule has 1 fully saturated rings. The van der Waals surface area contributed by atoms with E-state index >= 15 is 0 Å². The summed E-state index contributed by atoms with van der Waals surface area (Å²) < 4.78 is 25.4. The van der Waals surface area contributed by atoms with Gasteiger partial charge in [0.05, 0.1) is 12.2 Å². The highest BCUT2D eigenvalue weighted by Crippen LogP contribution is 2.17. The first-order chi connectivity index (χ1) is 6.56. The number of rotatable bonds is 3. The fraction of sp³-hybridized carbons (Fsp3) is 0.500. The first-order valence-corrected chi connectivity index (χ1v) is 5.66. The lowest BCUT2D eigenvalue weighted by Gasteiger charge is -2.28. The predicted octanol–water partition coefficient (Wildman–Crippen LogP) is -1.36. The molecule has 1 aromatic heterocycles. The van der Waals surface area contributed by atoms with Crippen molar-refractivity contribution >= 4 is 16.0 Å². The monoisotopic (exact) mass is 217 g/mol. The summed E-state index contributed by atoms with van der Waals surface area (Å²) in [7, 11) is -3.72. The summed E-state index contributed by atoms with van der Waals surface area (Å²) in [5.41, 5.74) is 0. The van der Waals surface area contributed by atoms with Crippen LogP contribution < -0.4 is 15.2 Å². The van der Waals surface area contributed by atoms with Crippen LogP contribution in [-0.4, -0.2) is 31.3 Å². The van der Waals surface area contributed by atoms with Crippen LogP contribution in [-0.2, 0) is 10.2 Å². The molecule has 1 aliphatic rings. The summed E-state index contributed by atoms with van der Waals surface area (Å²) in [5, 5.41) is 11.9. The summed E-state index contributed by atoms with van der Waals surface area (Å²) in [5.74, 6) is 0.402. The molecule has 1 aliphatic heterocycles. The molecule has 0 atom stereocenters. The third-order valence-corrected chi connectivity index (χ3v) is 2.52. The van der Waals surface area contributed by atoms with Crippen molar-refractivity contribution in [3.63, 3.8) is 0 Å². The van der Waals surface area contributed by atoms with Crippen molar-refractivity contribution in [2.75, 3.05) is 17.8 Å². The number of hydrogen-bond donors (Lipinski definition) is 3. The lowest BCUT2D eigenvalue weighted by atomic mass is 10.2. The van der Waals surface area contributed by atoms with Gasteiger partial charge in [-0.1, -0.05) is 0 Å². The molecular formula is C6H11N5O2S. The minimum atomic E-state index is -3.72. The Bertz CT molecular complexity index is 421. The quantitative estimate of drug-likeness (QED) is 0.582. The highest BCUT2D eigenvalue weighted by molar-refractivity contribution is 7.90. The van der Waals surface area contributed by atoms with E-state index in [0.29, 0.717) is 5.82 Å². The fourth-order valence-corrected chi connectivity index (χ4v) is 1.73. The fourth-order valence-electron chi connectivity index (χ4n) is 1.28. The maximum atomic E-state index is 10.8. The molecule has 2 rings (SSSR count). The Morgan fingerprint density at radius 2 is 2.36 bits per heavy atom. The molecule has 0 amide bonds. The molecule has 0 spiro atoms. The lowest BCUT2D eigenvalue weighted by molar-refractivity contribution is 0.322. The molecule has 14 heavy (non-hydrogen) atoms. The highest BCUT2D eigenvalue weighted by Gasteiger charge is 2.22. The van der Waals surface area contributed by atoms with E-state index in [4.69, 9.17) is 5.14 Å². The van der Waals surface area contributed by atoms with E-state index in [1.165, 1.54) is 6.20 Å². The predicted molar refractivity (Wildman–Crippen MR) is 50.9 cm³/mol. The molecule has 0 saturated carbocycles. The van der Waals surface area contributed by atoms with Crippen LogP contribution in [0.4, 0.5) is 5.82 Å². The SMILES string of the molecule is NS(=O)(=O)Nc1ccnn1C1CNC1. The maximum Gasteiger partial charge on any atom is 0.297 e. The van der Waals surface area contributed by atoms with E-state index in [1.54, 1.807) is 10.7 Å². The molecule has 1 saturated heterocycles. The average Bonchev–Trinajstić information content (AvgIpc) is 2.30. The Balaban J connectivity index is 2.21. The number of hydrogen-bond acceptors (Lipinski definition) is 4. The standard InChI is InChI=1S/C6H11N5O2S/c7-14(12,13)10-6-1-2-9-11(6)5-3-8-4-5/h1-2,5,8,10H,3-4H2,(H2,7,12,13). The molecule has 0 bridgehead atoms. The van der Waals surface area contributed by atoms with E-state index in [0.717, 1.165) is 13.1 Å². The molecule has 0 radical (unpaired) electrons. The smallest absolute Gasteiger partial charge is 0.297 e. The molecule has 8 heteroatoms. The van der Waals surface area contributed by atoms with Crippen LogP contribution >= 0.6 is 0 Å². The van der Waals surface area contributed by atoms with E-state index < -0.39 is 10.2 Å². The number of nitrogens with zero attached hydrogens (tertiary/aromatic N) is 2. The van der Waals surface area contributed by atoms with E-state index in [2.05, 4.69) is 15.1 Å². The Labute approximate surface area is 81.5 Å². The van der Waals surface area contributed by atoms with Crippen molar-refractivity contribution < 1.29 is 8.42 Å². The Morgan fingerprint density at radius 1 is 1.64 bits per heavy atom. The second kappa shape index (κ2) is 3.23. The van der Waals surface area contributed by atoms with Gasteiger partial charge in [-0.25, -0.2) is 9.82 Å². The van der Waals surface area contributed by atoms with Gasteiger partial charge in [0.15, 0.2) is 0 Å². The second-order valence-electron chi connectivity index (χ2n) is 3.12. The number of anilines is 1. The molecule has 0 unspecified atom stereocenters. The van der Waals surface area contributed by atoms with E-state index in [1.807, 2.05) is 0 Å². The van der Waals surface area contributed by atoms with Crippen molar-refractivity contribution in [3.8, 4) is 0 Å². The lowest BCUT2D eigenvalue weighted by Crippen LogP contribution is -2.44. The molecular weight excluding hydrogens is 206 g/mol.